The van der Waals surface area contributed by atoms with Crippen molar-refractivity contribution in [1.29, 1.82) is 0 Å². The van der Waals surface area contributed by atoms with Crippen LogP contribution < -0.4 is 4.90 Å². The Morgan fingerprint density at radius 2 is 2.12 bits per heavy atom. The minimum Gasteiger partial charge on any atom is -0.352 e. The largest absolute Gasteiger partial charge is 0.352 e. The fourth-order valence-electron chi connectivity index (χ4n) is 3.42. The van der Waals surface area contributed by atoms with Crippen LogP contribution in [-0.4, -0.2) is 61.0 Å². The number of rotatable bonds is 5. The van der Waals surface area contributed by atoms with Crippen molar-refractivity contribution in [1.82, 2.24) is 34.9 Å². The van der Waals surface area contributed by atoms with Crippen molar-refractivity contribution in [3.63, 3.8) is 0 Å². The summed E-state index contributed by atoms with van der Waals surface area (Å²) in [6, 6.07) is 4.50. The summed E-state index contributed by atoms with van der Waals surface area (Å²) in [4.78, 5) is 8.61. The number of aromatic nitrogens is 6. The highest BCUT2D eigenvalue weighted by atomic mass is 16.5. The standard InChI is InChI=1S/C16H20N8O/c1-22(9-13-17-10-25-21-13)12-7-23(8-12)15-6-5-14-18-19-16(24(14)20-15)11-3-2-4-11/h5-6,10-12H,2-4,7-9H2,1H3. The maximum absolute atomic E-state index is 4.79. The van der Waals surface area contributed by atoms with E-state index < -0.39 is 0 Å². The second kappa shape index (κ2) is 5.76. The third kappa shape index (κ3) is 2.55. The first-order chi connectivity index (χ1) is 12.3. The van der Waals surface area contributed by atoms with E-state index in [1.807, 2.05) is 16.6 Å². The molecule has 0 unspecified atom stereocenters. The molecule has 0 N–H and O–H groups in total. The van der Waals surface area contributed by atoms with Gasteiger partial charge in [0, 0.05) is 25.0 Å². The molecule has 1 aliphatic heterocycles. The van der Waals surface area contributed by atoms with Crippen LogP contribution in [0.3, 0.4) is 0 Å². The van der Waals surface area contributed by atoms with Gasteiger partial charge >= 0.3 is 0 Å². The highest BCUT2D eigenvalue weighted by Crippen LogP contribution is 2.35. The normalized spacial score (nSPS) is 18.7. The van der Waals surface area contributed by atoms with E-state index in [9.17, 15) is 0 Å². The number of hydrogen-bond acceptors (Lipinski definition) is 8. The van der Waals surface area contributed by atoms with Gasteiger partial charge in [-0.25, -0.2) is 0 Å². The van der Waals surface area contributed by atoms with Crippen LogP contribution in [0, 0.1) is 0 Å². The van der Waals surface area contributed by atoms with Crippen LogP contribution in [0.4, 0.5) is 5.82 Å². The summed E-state index contributed by atoms with van der Waals surface area (Å²) in [7, 11) is 2.09. The number of anilines is 1. The van der Waals surface area contributed by atoms with Gasteiger partial charge in [-0.3, -0.25) is 4.90 Å². The summed E-state index contributed by atoms with van der Waals surface area (Å²) in [5.74, 6) is 3.23. The molecule has 9 heteroatoms. The smallest absolute Gasteiger partial charge is 0.213 e. The molecule has 0 amide bonds. The lowest BCUT2D eigenvalue weighted by atomic mass is 9.85. The molecular formula is C16H20N8O. The fraction of sp³-hybridized carbons (Fsp3) is 0.562. The predicted octanol–water partition coefficient (Wildman–Crippen LogP) is 1.10. The molecule has 3 aromatic heterocycles. The Balaban J connectivity index is 1.28. The lowest BCUT2D eigenvalue weighted by Gasteiger charge is -2.44. The highest BCUT2D eigenvalue weighted by molar-refractivity contribution is 5.48. The second-order valence-corrected chi connectivity index (χ2v) is 6.97. The quantitative estimate of drug-likeness (QED) is 0.682. The molecule has 1 aliphatic carbocycles. The maximum atomic E-state index is 4.79. The molecular weight excluding hydrogens is 320 g/mol. The van der Waals surface area contributed by atoms with Crippen molar-refractivity contribution in [2.45, 2.75) is 37.8 Å². The van der Waals surface area contributed by atoms with Crippen molar-refractivity contribution < 1.29 is 4.52 Å². The lowest BCUT2D eigenvalue weighted by Crippen LogP contribution is -2.58. The van der Waals surface area contributed by atoms with Crippen LogP contribution in [0.5, 0.6) is 0 Å². The minimum atomic E-state index is 0.461. The summed E-state index contributed by atoms with van der Waals surface area (Å²) in [6.07, 6.45) is 5.03. The summed E-state index contributed by atoms with van der Waals surface area (Å²) in [5, 5.41) is 17.3. The molecule has 0 atom stereocenters. The Labute approximate surface area is 144 Å². The summed E-state index contributed by atoms with van der Waals surface area (Å²) < 4.78 is 6.72. The summed E-state index contributed by atoms with van der Waals surface area (Å²) in [6.45, 7) is 2.57. The van der Waals surface area contributed by atoms with Gasteiger partial charge in [-0.1, -0.05) is 11.6 Å². The van der Waals surface area contributed by atoms with Gasteiger partial charge in [0.15, 0.2) is 17.3 Å². The first-order valence-corrected chi connectivity index (χ1v) is 8.71. The first kappa shape index (κ1) is 14.8. The van der Waals surface area contributed by atoms with Crippen molar-refractivity contribution >= 4 is 11.5 Å². The average molecular weight is 340 g/mol. The Hall–Kier alpha value is -2.55. The van der Waals surface area contributed by atoms with Crippen LogP contribution in [0.1, 0.15) is 36.8 Å². The number of hydrogen-bond donors (Lipinski definition) is 0. The first-order valence-electron chi connectivity index (χ1n) is 8.71. The monoisotopic (exact) mass is 340 g/mol. The van der Waals surface area contributed by atoms with E-state index in [2.05, 4.69) is 37.2 Å². The molecule has 0 spiro atoms. The van der Waals surface area contributed by atoms with E-state index in [1.165, 1.54) is 25.7 Å². The van der Waals surface area contributed by atoms with Crippen LogP contribution in [0.2, 0.25) is 0 Å². The van der Waals surface area contributed by atoms with Gasteiger partial charge in [-0.15, -0.1) is 15.3 Å². The van der Waals surface area contributed by atoms with E-state index >= 15 is 0 Å². The van der Waals surface area contributed by atoms with E-state index in [4.69, 9.17) is 9.62 Å². The van der Waals surface area contributed by atoms with Crippen molar-refractivity contribution in [2.24, 2.45) is 0 Å². The third-order valence-electron chi connectivity index (χ3n) is 5.35. The van der Waals surface area contributed by atoms with Gasteiger partial charge in [-0.2, -0.15) is 9.50 Å². The Morgan fingerprint density at radius 1 is 1.24 bits per heavy atom. The highest BCUT2D eigenvalue weighted by Gasteiger charge is 2.32. The number of fused-ring (bicyclic) bond motifs is 1. The zero-order valence-electron chi connectivity index (χ0n) is 14.1. The van der Waals surface area contributed by atoms with E-state index in [0.717, 1.165) is 36.2 Å². The van der Waals surface area contributed by atoms with E-state index in [1.54, 1.807) is 0 Å². The topological polar surface area (TPSA) is 88.5 Å². The Kier molecular flexibility index (Phi) is 3.40. The number of likely N-dealkylation sites (N-methyl/N-ethyl adjacent to an activating group) is 1. The molecule has 0 aromatic carbocycles. The molecule has 3 aromatic rings. The molecule has 2 fully saturated rings. The average Bonchev–Trinajstić information content (AvgIpc) is 3.14. The zero-order valence-corrected chi connectivity index (χ0v) is 14.1. The van der Waals surface area contributed by atoms with E-state index in [0.29, 0.717) is 18.5 Å². The van der Waals surface area contributed by atoms with Gasteiger partial charge < -0.3 is 9.42 Å². The predicted molar refractivity (Wildman–Crippen MR) is 89.1 cm³/mol. The van der Waals surface area contributed by atoms with Gasteiger partial charge in [0.25, 0.3) is 0 Å². The van der Waals surface area contributed by atoms with Crippen molar-refractivity contribution in [3.05, 3.63) is 30.2 Å². The lowest BCUT2D eigenvalue weighted by molar-refractivity contribution is 0.190. The molecule has 1 saturated carbocycles. The zero-order chi connectivity index (χ0) is 16.8. The van der Waals surface area contributed by atoms with Gasteiger partial charge in [0.1, 0.15) is 5.82 Å². The maximum Gasteiger partial charge on any atom is 0.213 e. The minimum absolute atomic E-state index is 0.461. The van der Waals surface area contributed by atoms with Crippen LogP contribution >= 0.6 is 0 Å². The molecule has 4 heterocycles. The van der Waals surface area contributed by atoms with Gasteiger partial charge in [0.2, 0.25) is 6.39 Å². The molecule has 5 rings (SSSR count). The third-order valence-corrected chi connectivity index (χ3v) is 5.35. The van der Waals surface area contributed by atoms with E-state index in [-0.39, 0.29) is 0 Å². The second-order valence-electron chi connectivity index (χ2n) is 6.97. The SMILES string of the molecule is CN(Cc1ncon1)C1CN(c2ccc3nnc(C4CCC4)n3n2)C1. The van der Waals surface area contributed by atoms with Crippen LogP contribution in [0.15, 0.2) is 23.0 Å². The summed E-state index contributed by atoms with van der Waals surface area (Å²) >= 11 is 0. The summed E-state index contributed by atoms with van der Waals surface area (Å²) in [5.41, 5.74) is 0.831. The molecule has 0 radical (unpaired) electrons. The molecule has 2 aliphatic rings. The van der Waals surface area contributed by atoms with Crippen molar-refractivity contribution in [2.75, 3.05) is 25.0 Å². The van der Waals surface area contributed by atoms with Crippen molar-refractivity contribution in [3.8, 4) is 0 Å². The molecule has 0 bridgehead atoms. The molecule has 25 heavy (non-hydrogen) atoms. The van der Waals surface area contributed by atoms with Crippen LogP contribution in [0.25, 0.3) is 5.65 Å². The number of nitrogens with zero attached hydrogens (tertiary/aromatic N) is 8. The molecule has 1 saturated heterocycles. The fourth-order valence-corrected chi connectivity index (χ4v) is 3.42. The van der Waals surface area contributed by atoms with Gasteiger partial charge in [-0.05, 0) is 32.0 Å². The van der Waals surface area contributed by atoms with Gasteiger partial charge in [0.05, 0.1) is 6.54 Å². The Bertz CT molecular complexity index is 866. The Morgan fingerprint density at radius 3 is 2.84 bits per heavy atom. The molecule has 130 valence electrons. The molecule has 9 nitrogen and oxygen atoms in total. The van der Waals surface area contributed by atoms with Crippen LogP contribution in [-0.2, 0) is 6.54 Å².